The fourth-order valence-electron chi connectivity index (χ4n) is 10.2. The molecule has 1 radical (unpaired) electrons. The van der Waals surface area contributed by atoms with E-state index in [-0.39, 0.29) is 34.1 Å². The number of para-hydroxylation sites is 8. The maximum Gasteiger partial charge on any atom is 3.00 e. The average Bonchev–Trinajstić information content (AvgIpc) is 2.27. The zero-order valence-electron chi connectivity index (χ0n) is 51.6. The summed E-state index contributed by atoms with van der Waals surface area (Å²) >= 11 is 0. The first kappa shape index (κ1) is 70.1. The van der Waals surface area contributed by atoms with Crippen LogP contribution in [0.5, 0.6) is 23.0 Å². The Labute approximate surface area is 550 Å². The summed E-state index contributed by atoms with van der Waals surface area (Å²) in [4.78, 5) is 39.2. The monoisotopic (exact) mass is 1300 g/mol. The minimum Gasteiger partial charge on any atom is -0.681 e. The molecule has 8 bridgehead atoms. The summed E-state index contributed by atoms with van der Waals surface area (Å²) in [5.74, 6) is 2.58. The number of hydrogen-bond donors (Lipinski definition) is 0. The van der Waals surface area contributed by atoms with Gasteiger partial charge in [0, 0.05) is 24.3 Å². The van der Waals surface area contributed by atoms with E-state index >= 15 is 0 Å². The van der Waals surface area contributed by atoms with Gasteiger partial charge >= 0.3 is 34.1 Å². The number of ether oxygens (including phenoxy) is 10. The third-order valence-electron chi connectivity index (χ3n) is 15.2. The molecule has 20 heteroatoms. The molecule has 0 atom stereocenters. The van der Waals surface area contributed by atoms with Crippen molar-refractivity contribution in [1.29, 1.82) is 0 Å². The number of nitrogens with zero attached hydrogens (tertiary/aromatic N) is 8. The van der Waals surface area contributed by atoms with E-state index in [0.717, 1.165) is 65.5 Å². The summed E-state index contributed by atoms with van der Waals surface area (Å²) in [7, 11) is 0. The predicted molar refractivity (Wildman–Crippen MR) is 342 cm³/mol. The summed E-state index contributed by atoms with van der Waals surface area (Å²) < 4.78 is 59.1. The normalized spacial score (nSPS) is 16.5. The van der Waals surface area contributed by atoms with Gasteiger partial charge in [-0.2, -0.15) is 28.8 Å². The minimum absolute atomic E-state index is 0. The molecule has 0 N–H and O–H groups in total. The van der Waals surface area contributed by atoms with Gasteiger partial charge < -0.3 is 72.3 Å². The Balaban J connectivity index is 0.00000576. The van der Waals surface area contributed by atoms with Crippen LogP contribution in [0.4, 0.5) is 22.7 Å². The molecule has 18 nitrogen and oxygen atoms in total. The predicted octanol–water partition coefficient (Wildman–Crippen LogP) is 11.9. The van der Waals surface area contributed by atoms with Gasteiger partial charge in [0.15, 0.2) is 0 Å². The van der Waals surface area contributed by atoms with Crippen molar-refractivity contribution in [1.82, 2.24) is 19.9 Å². The van der Waals surface area contributed by atoms with E-state index in [1.54, 1.807) is 18.6 Å². The van der Waals surface area contributed by atoms with Gasteiger partial charge in [0.25, 0.3) is 0 Å². The van der Waals surface area contributed by atoms with Crippen LogP contribution in [0, 0.1) is 0 Å². The first-order valence-electron chi connectivity index (χ1n) is 30.4. The van der Waals surface area contributed by atoms with E-state index in [2.05, 4.69) is 57.1 Å². The summed E-state index contributed by atoms with van der Waals surface area (Å²) in [6.45, 7) is 15.0. The van der Waals surface area contributed by atoms with E-state index in [9.17, 15) is 0 Å². The van der Waals surface area contributed by atoms with Crippen molar-refractivity contribution in [2.24, 2.45) is 20.0 Å². The second kappa shape index (κ2) is 37.7. The van der Waals surface area contributed by atoms with Crippen LogP contribution in [0.1, 0.15) is 98.9 Å². The van der Waals surface area contributed by atoms with E-state index in [1.807, 2.05) is 127 Å². The minimum atomic E-state index is -0.421. The second-order valence-electron chi connectivity index (χ2n) is 20.5. The number of aromatic nitrogens is 4. The summed E-state index contributed by atoms with van der Waals surface area (Å²) in [6.07, 6.45) is 11.7. The second-order valence-corrected chi connectivity index (χ2v) is 20.5. The van der Waals surface area contributed by atoms with Crippen molar-refractivity contribution >= 4 is 47.6 Å². The third kappa shape index (κ3) is 19.8. The van der Waals surface area contributed by atoms with Crippen molar-refractivity contribution in [2.45, 2.75) is 64.2 Å². The van der Waals surface area contributed by atoms with Crippen molar-refractivity contribution in [2.75, 3.05) is 106 Å². The molecule has 1 aliphatic heterocycles. The molecule has 1 aliphatic rings. The van der Waals surface area contributed by atoms with Crippen LogP contribution in [0.3, 0.4) is 0 Å². The van der Waals surface area contributed by atoms with E-state index in [0.29, 0.717) is 157 Å². The molecular formula is C70H79Mn2N8O10. The standard InChI is InChI=1S/C70H79N8O10.2Mn/c1-5-69(6-2)65-29-25-53(75-65)49-71-57-17-9-13-21-61(57)85-45-41-81-37-33-79-35-39-83-43-47-87-63-23-15-11-19-59(63)73-51-55-27-31-67(77-55)70(7-3,8-4)68-32-28-56(78-68)52-74-60-20-12-16-24-64(60)88-48-44-84-40-36-80-34-38-82-42-46-86-62-22-14-10-18-58(62)72-50-54-26-30-66(69)76-54;;/h9-32,49-51H,5-8,33-48H2,1-4H3;;/q-5;+2;+3. The number of fused-ring (bicyclic) bond motifs is 12. The van der Waals surface area contributed by atoms with Gasteiger partial charge in [0.2, 0.25) is 0 Å². The average molecular weight is 1300 g/mol. The third-order valence-corrected chi connectivity index (χ3v) is 15.2. The SMILES string of the molecule is CCC1(CC)c2ccc([n-]2)[C-]=Nc2ccccc2OCCOCCOCCOCCOc2ccccc2N=Cc2ccc([n-]2)C(CC)(CC)c2ccc([n-]2)C=Nc2ccccc2OCCOCCOCCOCCOc2ccccc2N=Cc2ccc1[n-]2.[Mn+2].[Mn+3]. The zero-order chi connectivity index (χ0) is 60.9. The summed E-state index contributed by atoms with van der Waals surface area (Å²) in [6, 6.07) is 46.7. The van der Waals surface area contributed by atoms with Gasteiger partial charge in [-0.25, -0.2) is 5.69 Å². The Morgan fingerprint density at radius 3 is 0.922 bits per heavy atom. The quantitative estimate of drug-likeness (QED) is 0.119. The molecule has 5 heterocycles. The Bertz CT molecular complexity index is 3030. The van der Waals surface area contributed by atoms with Crippen LogP contribution >= 0.6 is 0 Å². The summed E-state index contributed by atoms with van der Waals surface area (Å²) in [5, 5.41) is 0. The van der Waals surface area contributed by atoms with Gasteiger partial charge in [-0.05, 0) is 79.0 Å². The molecule has 0 fully saturated rings. The van der Waals surface area contributed by atoms with Crippen LogP contribution in [0.25, 0.3) is 0 Å². The molecule has 0 spiro atoms. The molecule has 0 amide bonds. The number of hydrogen-bond acceptors (Lipinski definition) is 14. The van der Waals surface area contributed by atoms with E-state index < -0.39 is 10.8 Å². The molecule has 8 aromatic rings. The van der Waals surface area contributed by atoms with E-state index in [4.69, 9.17) is 82.3 Å². The first-order chi connectivity index (χ1) is 43.4. The molecule has 473 valence electrons. The van der Waals surface area contributed by atoms with Gasteiger partial charge in [0.05, 0.1) is 85.0 Å². The molecule has 0 saturated heterocycles. The molecule has 0 saturated carbocycles. The number of aliphatic imine (C=N–C) groups is 4. The van der Waals surface area contributed by atoms with Crippen LogP contribution in [-0.4, -0.2) is 131 Å². The molecule has 0 unspecified atom stereocenters. The zero-order valence-corrected chi connectivity index (χ0v) is 54.0. The van der Waals surface area contributed by atoms with Gasteiger partial charge in [-0.1, -0.05) is 125 Å². The van der Waals surface area contributed by atoms with Crippen LogP contribution in [0.2, 0.25) is 0 Å². The molecule has 4 aromatic carbocycles. The largest absolute Gasteiger partial charge is 3.00 e. The Morgan fingerprint density at radius 2 is 0.600 bits per heavy atom. The van der Waals surface area contributed by atoms with E-state index in [1.165, 1.54) is 0 Å². The van der Waals surface area contributed by atoms with Gasteiger partial charge in [-0.3, -0.25) is 15.0 Å². The van der Waals surface area contributed by atoms with Crippen LogP contribution in [-0.2, 0) is 73.4 Å². The van der Waals surface area contributed by atoms with Gasteiger partial charge in [-0.15, -0.1) is 23.1 Å². The molecule has 4 aromatic heterocycles. The maximum absolute atomic E-state index is 6.10. The number of rotatable bonds is 4. The maximum atomic E-state index is 6.10. The van der Waals surface area contributed by atoms with Gasteiger partial charge in [0.1, 0.15) is 60.7 Å². The Kier molecular flexibility index (Phi) is 29.4. The fourth-order valence-corrected chi connectivity index (χ4v) is 10.2. The molecular weight excluding hydrogens is 1220 g/mol. The summed E-state index contributed by atoms with van der Waals surface area (Å²) in [5.41, 5.74) is 8.45. The van der Waals surface area contributed by atoms with Crippen molar-refractivity contribution < 1.29 is 81.5 Å². The molecule has 0 aliphatic carbocycles. The van der Waals surface area contributed by atoms with Crippen LogP contribution in [0.15, 0.2) is 166 Å². The molecule has 9 rings (SSSR count). The first-order valence-corrected chi connectivity index (χ1v) is 30.4. The van der Waals surface area contributed by atoms with Crippen LogP contribution < -0.4 is 38.9 Å². The van der Waals surface area contributed by atoms with Crippen molar-refractivity contribution in [3.05, 3.63) is 191 Å². The molecule has 90 heavy (non-hydrogen) atoms. The smallest absolute Gasteiger partial charge is 0.681 e. The van der Waals surface area contributed by atoms with Crippen molar-refractivity contribution in [3.8, 4) is 23.0 Å². The fraction of sp³-hybridized carbons (Fsp3) is 0.371. The topological polar surface area (TPSA) is 198 Å². The Hall–Kier alpha value is -7.32. The Morgan fingerprint density at radius 1 is 0.333 bits per heavy atom. The van der Waals surface area contributed by atoms with Crippen molar-refractivity contribution in [3.63, 3.8) is 0 Å². The number of benzene rings is 4.